The highest BCUT2D eigenvalue weighted by Gasteiger charge is 2.19. The number of esters is 3. The highest BCUT2D eigenvalue weighted by Crippen LogP contribution is 2.16. The molecule has 0 saturated heterocycles. The third-order valence-corrected chi connectivity index (χ3v) is 13.3. The molecule has 0 aromatic rings. The van der Waals surface area contributed by atoms with E-state index in [1.807, 2.05) is 0 Å². The van der Waals surface area contributed by atoms with Crippen molar-refractivity contribution in [3.8, 4) is 0 Å². The second kappa shape index (κ2) is 61.1. The van der Waals surface area contributed by atoms with Gasteiger partial charge in [-0.25, -0.2) is 0 Å². The van der Waals surface area contributed by atoms with Crippen LogP contribution >= 0.6 is 0 Å². The van der Waals surface area contributed by atoms with Crippen LogP contribution in [-0.4, -0.2) is 37.2 Å². The average molecular weight is 1020 g/mol. The van der Waals surface area contributed by atoms with Gasteiger partial charge in [-0.05, 0) is 109 Å². The topological polar surface area (TPSA) is 78.9 Å². The molecular weight excluding hydrogens is 901 g/mol. The predicted octanol–water partition coefficient (Wildman–Crippen LogP) is 21.1. The minimum absolute atomic E-state index is 0.0903. The molecule has 420 valence electrons. The largest absolute Gasteiger partial charge is 0.462 e. The lowest BCUT2D eigenvalue weighted by Crippen LogP contribution is -2.30. The van der Waals surface area contributed by atoms with E-state index in [1.54, 1.807) is 0 Å². The lowest BCUT2D eigenvalue weighted by molar-refractivity contribution is -0.167. The molecule has 0 saturated carbocycles. The second-order valence-electron chi connectivity index (χ2n) is 20.6. The first kappa shape index (κ1) is 69.6. The number of carbonyl (C=O) groups excluding carboxylic acids is 3. The van der Waals surface area contributed by atoms with E-state index in [0.717, 1.165) is 128 Å². The number of hydrogen-bond acceptors (Lipinski definition) is 6. The van der Waals surface area contributed by atoms with Crippen molar-refractivity contribution in [2.24, 2.45) is 0 Å². The van der Waals surface area contributed by atoms with Crippen LogP contribution < -0.4 is 0 Å². The van der Waals surface area contributed by atoms with Gasteiger partial charge in [0.1, 0.15) is 13.2 Å². The Labute approximate surface area is 452 Å². The molecular formula is C67H116O6. The third-order valence-electron chi connectivity index (χ3n) is 13.3. The van der Waals surface area contributed by atoms with E-state index < -0.39 is 6.10 Å². The molecule has 0 aliphatic rings. The van der Waals surface area contributed by atoms with Crippen LogP contribution in [0.5, 0.6) is 0 Å². The van der Waals surface area contributed by atoms with Crippen LogP contribution in [0.3, 0.4) is 0 Å². The van der Waals surface area contributed by atoms with E-state index in [1.165, 1.54) is 135 Å². The fraction of sp³-hybridized carbons (Fsp3) is 0.746. The zero-order chi connectivity index (χ0) is 52.9. The van der Waals surface area contributed by atoms with Gasteiger partial charge in [0, 0.05) is 19.3 Å². The highest BCUT2D eigenvalue weighted by atomic mass is 16.6. The SMILES string of the molecule is CC/C=C\C/C=C\C/C=C\C/C=C\CCCCCCC(=O)OC(COC(=O)CCCCCCC/C=C\C/C=C\CCC)COC(=O)CCCCCCCCCCCCCCC/C=C\CCCCCCCCCC. The van der Waals surface area contributed by atoms with Crippen molar-refractivity contribution >= 4 is 17.9 Å². The molecule has 0 spiro atoms. The van der Waals surface area contributed by atoms with E-state index in [4.69, 9.17) is 14.2 Å². The Balaban J connectivity index is 4.31. The van der Waals surface area contributed by atoms with Crippen molar-refractivity contribution in [1.82, 2.24) is 0 Å². The Morgan fingerprint density at radius 3 is 0.904 bits per heavy atom. The molecule has 0 amide bonds. The zero-order valence-corrected chi connectivity index (χ0v) is 48.1. The number of hydrogen-bond donors (Lipinski definition) is 0. The van der Waals surface area contributed by atoms with Gasteiger partial charge in [0.25, 0.3) is 0 Å². The summed E-state index contributed by atoms with van der Waals surface area (Å²) in [6.45, 7) is 6.45. The molecule has 0 radical (unpaired) electrons. The molecule has 6 nitrogen and oxygen atoms in total. The van der Waals surface area contributed by atoms with E-state index in [0.29, 0.717) is 19.3 Å². The van der Waals surface area contributed by atoms with E-state index in [2.05, 4.69) is 106 Å². The summed E-state index contributed by atoms with van der Waals surface area (Å²) >= 11 is 0. The Morgan fingerprint density at radius 1 is 0.288 bits per heavy atom. The molecule has 0 N–H and O–H groups in total. The zero-order valence-electron chi connectivity index (χ0n) is 48.1. The van der Waals surface area contributed by atoms with E-state index in [9.17, 15) is 14.4 Å². The molecule has 1 unspecified atom stereocenters. The Kier molecular flexibility index (Phi) is 58.3. The summed E-state index contributed by atoms with van der Waals surface area (Å²) in [4.78, 5) is 38.2. The van der Waals surface area contributed by atoms with Crippen molar-refractivity contribution in [3.05, 3.63) is 85.1 Å². The van der Waals surface area contributed by atoms with Crippen LogP contribution in [0.4, 0.5) is 0 Å². The van der Waals surface area contributed by atoms with Crippen molar-refractivity contribution in [1.29, 1.82) is 0 Å². The van der Waals surface area contributed by atoms with Crippen LogP contribution in [0, 0.1) is 0 Å². The molecule has 0 aliphatic heterocycles. The minimum Gasteiger partial charge on any atom is -0.462 e. The fourth-order valence-corrected chi connectivity index (χ4v) is 8.70. The van der Waals surface area contributed by atoms with Crippen molar-refractivity contribution < 1.29 is 28.6 Å². The second-order valence-corrected chi connectivity index (χ2v) is 20.6. The number of carbonyl (C=O) groups is 3. The normalized spacial score (nSPS) is 12.6. The van der Waals surface area contributed by atoms with Gasteiger partial charge in [-0.1, -0.05) is 260 Å². The monoisotopic (exact) mass is 1020 g/mol. The molecule has 0 aromatic carbocycles. The summed E-state index contributed by atoms with van der Waals surface area (Å²) < 4.78 is 16.9. The van der Waals surface area contributed by atoms with Crippen LogP contribution in [-0.2, 0) is 28.6 Å². The Morgan fingerprint density at radius 2 is 0.562 bits per heavy atom. The first-order chi connectivity index (χ1) is 36.0. The quantitative estimate of drug-likeness (QED) is 0.0261. The first-order valence-corrected chi connectivity index (χ1v) is 31.1. The minimum atomic E-state index is -0.796. The molecule has 0 aliphatic carbocycles. The van der Waals surface area contributed by atoms with Crippen molar-refractivity contribution in [2.75, 3.05) is 13.2 Å². The maximum atomic E-state index is 12.9. The predicted molar refractivity (Wildman–Crippen MR) is 316 cm³/mol. The average Bonchev–Trinajstić information content (AvgIpc) is 3.39. The van der Waals surface area contributed by atoms with Crippen LogP contribution in [0.2, 0.25) is 0 Å². The molecule has 0 heterocycles. The number of allylic oxidation sites excluding steroid dienone is 14. The van der Waals surface area contributed by atoms with Gasteiger partial charge in [0.2, 0.25) is 0 Å². The summed E-state index contributed by atoms with van der Waals surface area (Å²) in [6, 6.07) is 0. The van der Waals surface area contributed by atoms with Gasteiger partial charge >= 0.3 is 17.9 Å². The maximum Gasteiger partial charge on any atom is 0.306 e. The Hall–Kier alpha value is -3.41. The number of rotatable bonds is 56. The molecule has 0 bridgehead atoms. The summed E-state index contributed by atoms with van der Waals surface area (Å²) in [7, 11) is 0. The Bertz CT molecular complexity index is 1400. The van der Waals surface area contributed by atoms with Crippen molar-refractivity contribution in [3.63, 3.8) is 0 Å². The van der Waals surface area contributed by atoms with Gasteiger partial charge < -0.3 is 14.2 Å². The van der Waals surface area contributed by atoms with Crippen LogP contribution in [0.15, 0.2) is 85.1 Å². The summed E-state index contributed by atoms with van der Waals surface area (Å²) in [5, 5.41) is 0. The molecule has 0 aromatic heterocycles. The first-order valence-electron chi connectivity index (χ1n) is 31.1. The van der Waals surface area contributed by atoms with Crippen LogP contribution in [0.1, 0.15) is 303 Å². The van der Waals surface area contributed by atoms with E-state index >= 15 is 0 Å². The standard InChI is InChI=1S/C67H116O6/c1-4-7-10-13-16-19-22-25-27-29-30-31-32-33-34-35-36-38-39-42-45-48-51-54-57-60-66(69)72-63-64(62-71-65(68)59-56-53-50-47-44-41-24-21-18-15-12-9-6-3)73-67(70)61-58-55-52-49-46-43-40-37-28-26-23-20-17-14-11-8-5-2/h8,11-12,15,17,20-21,24,26,28-30,40,43,64H,4-7,9-10,13-14,16,18-19,22-23,25,27,31-39,41-42,44-63H2,1-3H3/b11-8-,15-12-,20-17-,24-21-,28-26-,30-29-,43-40-. The molecule has 1 atom stereocenters. The molecule has 73 heavy (non-hydrogen) atoms. The van der Waals surface area contributed by atoms with Gasteiger partial charge in [0.05, 0.1) is 0 Å². The highest BCUT2D eigenvalue weighted by molar-refractivity contribution is 5.71. The molecule has 6 heteroatoms. The van der Waals surface area contributed by atoms with Gasteiger partial charge in [-0.3, -0.25) is 14.4 Å². The van der Waals surface area contributed by atoms with Gasteiger partial charge in [-0.2, -0.15) is 0 Å². The molecule has 0 rings (SSSR count). The van der Waals surface area contributed by atoms with Gasteiger partial charge in [0.15, 0.2) is 6.10 Å². The van der Waals surface area contributed by atoms with Crippen molar-refractivity contribution in [2.45, 2.75) is 309 Å². The lowest BCUT2D eigenvalue weighted by Gasteiger charge is -2.18. The number of ether oxygens (including phenoxy) is 3. The van der Waals surface area contributed by atoms with Crippen LogP contribution in [0.25, 0.3) is 0 Å². The number of unbranched alkanes of at least 4 members (excludes halogenated alkanes) is 31. The van der Waals surface area contributed by atoms with Gasteiger partial charge in [-0.15, -0.1) is 0 Å². The fourth-order valence-electron chi connectivity index (χ4n) is 8.70. The maximum absolute atomic E-state index is 12.9. The summed E-state index contributed by atoms with van der Waals surface area (Å²) in [5.74, 6) is -0.921. The van der Waals surface area contributed by atoms with E-state index in [-0.39, 0.29) is 31.1 Å². The summed E-state index contributed by atoms with van der Waals surface area (Å²) in [5.41, 5.74) is 0. The summed E-state index contributed by atoms with van der Waals surface area (Å²) in [6.07, 6.45) is 80.2. The lowest BCUT2D eigenvalue weighted by atomic mass is 10.0. The third kappa shape index (κ3) is 59.3. The molecule has 0 fully saturated rings. The smallest absolute Gasteiger partial charge is 0.306 e.